The molecule has 3 aliphatic heterocycles. The summed E-state index contributed by atoms with van der Waals surface area (Å²) >= 11 is 0. The van der Waals surface area contributed by atoms with E-state index in [0.29, 0.717) is 11.6 Å². The third kappa shape index (κ3) is 6.49. The van der Waals surface area contributed by atoms with Crippen molar-refractivity contribution in [1.82, 2.24) is 10.2 Å². The molecule has 1 amide bonds. The van der Waals surface area contributed by atoms with Crippen LogP contribution in [0.2, 0.25) is 0 Å². The van der Waals surface area contributed by atoms with Gasteiger partial charge in [-0.05, 0) is 97.2 Å². The zero-order chi connectivity index (χ0) is 43.4. The first-order valence-corrected chi connectivity index (χ1v) is 12.7. The summed E-state index contributed by atoms with van der Waals surface area (Å²) in [6, 6.07) is 9.69. The van der Waals surface area contributed by atoms with Gasteiger partial charge in [-0.25, -0.2) is 8.78 Å². The maximum atomic E-state index is 14.1. The summed E-state index contributed by atoms with van der Waals surface area (Å²) < 4.78 is 175. The van der Waals surface area contributed by atoms with Crippen LogP contribution in [-0.4, -0.2) is 62.7 Å². The first-order chi connectivity index (χ1) is 26.3. The zero-order valence-electron chi connectivity index (χ0n) is 38.5. The van der Waals surface area contributed by atoms with Crippen molar-refractivity contribution in [2.45, 2.75) is 32.2 Å². The van der Waals surface area contributed by atoms with Gasteiger partial charge in [-0.15, -0.1) is 0 Å². The fraction of sp³-hybridized carbons (Fsp3) is 0.394. The molecule has 6 nitrogen and oxygen atoms in total. The van der Waals surface area contributed by atoms with Crippen LogP contribution in [-0.2, 0) is 24.1 Å². The third-order valence-corrected chi connectivity index (χ3v) is 6.69. The van der Waals surface area contributed by atoms with Crippen LogP contribution < -0.4 is 10.2 Å². The van der Waals surface area contributed by atoms with E-state index in [1.54, 1.807) is 0 Å². The quantitative estimate of drug-likeness (QED) is 0.451. The van der Waals surface area contributed by atoms with Crippen molar-refractivity contribution < 1.29 is 41.6 Å². The van der Waals surface area contributed by atoms with Gasteiger partial charge in [0.15, 0.2) is 0 Å². The number of carbonyl (C=O) groups is 1. The number of piperazine rings is 1. The molecule has 2 saturated heterocycles. The normalized spacial score (nSPS) is 32.0. The van der Waals surface area contributed by atoms with E-state index in [0.717, 1.165) is 30.3 Å². The summed E-state index contributed by atoms with van der Waals surface area (Å²) in [7, 11) is 0. The smallest absolute Gasteiger partial charge is 0.257 e. The molecule has 3 aliphatic rings. The first kappa shape index (κ1) is 14.0. The van der Waals surface area contributed by atoms with Crippen LogP contribution in [0.25, 0.3) is 0 Å². The fourth-order valence-corrected chi connectivity index (χ4v) is 4.73. The van der Waals surface area contributed by atoms with E-state index in [9.17, 15) is 13.6 Å². The van der Waals surface area contributed by atoms with Gasteiger partial charge in [-0.1, -0.05) is 12.1 Å². The summed E-state index contributed by atoms with van der Waals surface area (Å²) in [5.41, 5.74) is -0.358. The lowest BCUT2D eigenvalue weighted by molar-refractivity contribution is 0.0664. The second kappa shape index (κ2) is 12.1. The van der Waals surface area contributed by atoms with Gasteiger partial charge in [-0.3, -0.25) is 9.79 Å². The largest absolute Gasteiger partial charge is 0.381 e. The Balaban J connectivity index is 1.41. The standard InChI is InChI=1S/C33H36F2N4O2/c1-38-8-10-39(11-9-38)29-4-5-30(26(19-29)15-22-6-12-41-13-7-22)33(40)37-32-31-18-23(2-3-25(31)21-36-32)14-24-16-27(34)20-28(35)17-24/h2-5,16-20,22H,6-15,21H2,1H3,(H,36,37,40)/i1D3,8D2,9D2,10D2,11D2,12D2,13D2,14D2. The second-order valence-corrected chi connectivity index (χ2v) is 9.60. The number of aliphatic imine (C=N–C) groups is 1. The Morgan fingerprint density at radius 2 is 1.83 bits per heavy atom. The number of rotatable bonds is 6. The average molecular weight is 576 g/mol. The van der Waals surface area contributed by atoms with Crippen molar-refractivity contribution in [1.29, 1.82) is 0 Å². The fourth-order valence-electron chi connectivity index (χ4n) is 4.73. The summed E-state index contributed by atoms with van der Waals surface area (Å²) in [5, 5.41) is 2.62. The SMILES string of the molecule is [2H]C1([2H])CC(Cc2cc(N3C([2H])([2H])C([2H])([2H])N(C([2H])([2H])[2H])C([2H])([2H])C3([2H])[2H])ccc2C(=O)NC2=NCc3ccc(C([2H])([2H])c4cc(F)cc(F)c4)cc32)CC([2H])([2H])O1. The van der Waals surface area contributed by atoms with E-state index in [4.69, 9.17) is 28.0 Å². The molecule has 8 heteroatoms. The lowest BCUT2D eigenvalue weighted by Crippen LogP contribution is -2.44. The van der Waals surface area contributed by atoms with Gasteiger partial charge >= 0.3 is 0 Å². The van der Waals surface area contributed by atoms with Crippen molar-refractivity contribution in [2.24, 2.45) is 10.9 Å². The number of nitrogens with one attached hydrogen (secondary N) is 1. The van der Waals surface area contributed by atoms with E-state index in [1.807, 2.05) is 0 Å². The van der Waals surface area contributed by atoms with Crippen LogP contribution in [0.4, 0.5) is 14.5 Å². The third-order valence-electron chi connectivity index (χ3n) is 6.69. The van der Waals surface area contributed by atoms with E-state index in [1.165, 1.54) is 18.2 Å². The van der Waals surface area contributed by atoms with E-state index < -0.39 is 86.5 Å². The molecule has 0 saturated carbocycles. The number of anilines is 1. The minimum atomic E-state index is -3.71. The molecule has 0 bridgehead atoms. The van der Waals surface area contributed by atoms with Crippen LogP contribution >= 0.6 is 0 Å². The van der Waals surface area contributed by atoms with E-state index in [2.05, 4.69) is 10.3 Å². The molecule has 0 aromatic heterocycles. The summed E-state index contributed by atoms with van der Waals surface area (Å²) in [6.07, 6.45) is -3.50. The number of hydrogen-bond donors (Lipinski definition) is 1. The van der Waals surface area contributed by atoms with Crippen LogP contribution in [0.5, 0.6) is 0 Å². The number of benzene rings is 3. The number of fused-ring (bicyclic) bond motifs is 1. The van der Waals surface area contributed by atoms with Gasteiger partial charge < -0.3 is 19.9 Å². The van der Waals surface area contributed by atoms with Gasteiger partial charge in [0.25, 0.3) is 5.91 Å². The van der Waals surface area contributed by atoms with Gasteiger partial charge in [-0.2, -0.15) is 0 Å². The Bertz CT molecular complexity index is 2120. The number of halogens is 2. The predicted molar refractivity (Wildman–Crippen MR) is 157 cm³/mol. The topological polar surface area (TPSA) is 57.2 Å². The molecule has 0 unspecified atom stereocenters. The predicted octanol–water partition coefficient (Wildman–Crippen LogP) is 4.97. The number of amidine groups is 1. The molecular formula is C33H36F2N4O2. The Morgan fingerprint density at radius 3 is 2.59 bits per heavy atom. The minimum absolute atomic E-state index is 0.0324. The first-order valence-electron chi connectivity index (χ1n) is 21.2. The number of nitrogens with zero attached hydrogens (tertiary/aromatic N) is 3. The molecule has 214 valence electrons. The van der Waals surface area contributed by atoms with Crippen LogP contribution in [0.3, 0.4) is 0 Å². The van der Waals surface area contributed by atoms with E-state index >= 15 is 0 Å². The molecule has 2 fully saturated rings. The van der Waals surface area contributed by atoms with Gasteiger partial charge in [0.1, 0.15) is 17.5 Å². The molecule has 0 radical (unpaired) electrons. The lowest BCUT2D eigenvalue weighted by Gasteiger charge is -2.34. The minimum Gasteiger partial charge on any atom is -0.381 e. The van der Waals surface area contributed by atoms with Crippen molar-refractivity contribution in [3.05, 3.63) is 99.6 Å². The number of likely N-dealkylation sites (N-methyl/N-ethyl adjacent to an activating group) is 1. The molecule has 3 aromatic carbocycles. The van der Waals surface area contributed by atoms with Gasteiger partial charge in [0.05, 0.1) is 17.5 Å². The van der Waals surface area contributed by atoms with Gasteiger partial charge in [0.2, 0.25) is 0 Å². The van der Waals surface area contributed by atoms with Crippen molar-refractivity contribution in [3.63, 3.8) is 0 Å². The van der Waals surface area contributed by atoms with Crippen LogP contribution in [0.15, 0.2) is 59.6 Å². The molecule has 1 N–H and O–H groups in total. The lowest BCUT2D eigenvalue weighted by atomic mass is 9.89. The van der Waals surface area contributed by atoms with Gasteiger partial charge in [0, 0.05) is 74.3 Å². The zero-order valence-corrected chi connectivity index (χ0v) is 21.5. The maximum Gasteiger partial charge on any atom is 0.257 e. The Kier molecular flexibility index (Phi) is 4.14. The molecular weight excluding hydrogens is 522 g/mol. The molecule has 41 heavy (non-hydrogen) atoms. The molecule has 3 heterocycles. The molecule has 0 atom stereocenters. The Labute approximate surface area is 263 Å². The monoisotopic (exact) mass is 575 g/mol. The second-order valence-electron chi connectivity index (χ2n) is 9.60. The van der Waals surface area contributed by atoms with Crippen LogP contribution in [0, 0.1) is 17.6 Å². The summed E-state index contributed by atoms with van der Waals surface area (Å²) in [6.45, 7) is -23.2. The number of carbonyl (C=O) groups excluding carboxylic acids is 1. The molecule has 0 spiro atoms. The highest BCUT2D eigenvalue weighted by Gasteiger charge is 2.24. The Morgan fingerprint density at radius 1 is 1.05 bits per heavy atom. The Hall–Kier alpha value is -3.62. The molecule has 6 rings (SSSR count). The maximum absolute atomic E-state index is 14.1. The number of hydrogen-bond acceptors (Lipinski definition) is 5. The summed E-state index contributed by atoms with van der Waals surface area (Å²) in [4.78, 5) is 18.1. The molecule has 3 aromatic rings. The molecule has 0 aliphatic carbocycles. The van der Waals surface area contributed by atoms with Crippen molar-refractivity contribution in [3.8, 4) is 0 Å². The van der Waals surface area contributed by atoms with Crippen molar-refractivity contribution >= 4 is 17.4 Å². The number of ether oxygens (including phenoxy) is 1. The van der Waals surface area contributed by atoms with E-state index in [-0.39, 0.29) is 64.4 Å². The summed E-state index contributed by atoms with van der Waals surface area (Å²) in [5.74, 6) is -3.83. The highest BCUT2D eigenvalue weighted by atomic mass is 19.1. The highest BCUT2D eigenvalue weighted by molar-refractivity contribution is 6.14. The number of amides is 1. The highest BCUT2D eigenvalue weighted by Crippen LogP contribution is 2.28. The van der Waals surface area contributed by atoms with Crippen LogP contribution in [0.1, 0.15) is 74.3 Å². The van der Waals surface area contributed by atoms with Crippen molar-refractivity contribution in [2.75, 3.05) is 51.0 Å². The average Bonchev–Trinajstić information content (AvgIpc) is 3.42.